The number of hydrogen-bond acceptors (Lipinski definition) is 4. The summed E-state index contributed by atoms with van der Waals surface area (Å²) in [5, 5.41) is 4.54. The minimum absolute atomic E-state index is 0.106. The van der Waals surface area contributed by atoms with Crippen molar-refractivity contribution in [1.29, 1.82) is 0 Å². The molecule has 7 nitrogen and oxygen atoms in total. The highest BCUT2D eigenvalue weighted by Crippen LogP contribution is 2.23. The molecule has 0 saturated carbocycles. The highest BCUT2D eigenvalue weighted by atomic mass is 32.2. The Morgan fingerprint density at radius 3 is 2.37 bits per heavy atom. The van der Waals surface area contributed by atoms with E-state index in [9.17, 15) is 18.0 Å². The normalized spacial score (nSPS) is 21.4. The fraction of sp³-hybridized carbons (Fsp3) is 0.368. The van der Waals surface area contributed by atoms with Crippen LogP contribution in [0, 0.1) is 0 Å². The second kappa shape index (κ2) is 6.94. The number of piperazine rings is 1. The molecule has 0 unspecified atom stereocenters. The van der Waals surface area contributed by atoms with E-state index in [0.717, 1.165) is 10.8 Å². The molecule has 2 aliphatic heterocycles. The maximum atomic E-state index is 13.0. The Bertz CT molecular complexity index is 997. The van der Waals surface area contributed by atoms with Gasteiger partial charge in [0.05, 0.1) is 4.90 Å². The summed E-state index contributed by atoms with van der Waals surface area (Å²) in [5.41, 5.74) is 0. The average Bonchev–Trinajstić information content (AvgIpc) is 3.13. The minimum Gasteiger partial charge on any atom is -0.344 e. The van der Waals surface area contributed by atoms with Crippen LogP contribution >= 0.6 is 0 Å². The van der Waals surface area contributed by atoms with Crippen LogP contribution in [-0.4, -0.2) is 61.7 Å². The van der Waals surface area contributed by atoms with E-state index in [2.05, 4.69) is 5.32 Å². The third-order valence-electron chi connectivity index (χ3n) is 5.20. The van der Waals surface area contributed by atoms with Crippen LogP contribution < -0.4 is 5.32 Å². The number of benzene rings is 2. The summed E-state index contributed by atoms with van der Waals surface area (Å²) < 4.78 is 27.4. The van der Waals surface area contributed by atoms with Gasteiger partial charge in [0.15, 0.2) is 0 Å². The molecule has 0 aliphatic carbocycles. The molecule has 0 bridgehead atoms. The van der Waals surface area contributed by atoms with Crippen molar-refractivity contribution in [2.24, 2.45) is 0 Å². The summed E-state index contributed by atoms with van der Waals surface area (Å²) in [6, 6.07) is 12.3. The van der Waals surface area contributed by atoms with Gasteiger partial charge in [-0.2, -0.15) is 4.31 Å². The largest absolute Gasteiger partial charge is 0.344 e. The number of carbonyl (C=O) groups excluding carboxylic acids is 2. The zero-order chi connectivity index (χ0) is 19.0. The van der Waals surface area contributed by atoms with E-state index >= 15 is 0 Å². The Balaban J connectivity index is 1.46. The van der Waals surface area contributed by atoms with Crippen LogP contribution in [0.3, 0.4) is 0 Å². The van der Waals surface area contributed by atoms with Gasteiger partial charge >= 0.3 is 0 Å². The van der Waals surface area contributed by atoms with Gasteiger partial charge in [-0.3, -0.25) is 9.59 Å². The predicted molar refractivity (Wildman–Crippen MR) is 100 cm³/mol. The van der Waals surface area contributed by atoms with Crippen molar-refractivity contribution in [3.8, 4) is 0 Å². The monoisotopic (exact) mass is 387 g/mol. The third-order valence-corrected chi connectivity index (χ3v) is 7.10. The summed E-state index contributed by atoms with van der Waals surface area (Å²) in [6.45, 7) is 1.17. The topological polar surface area (TPSA) is 86.8 Å². The van der Waals surface area contributed by atoms with Crippen molar-refractivity contribution in [2.75, 3.05) is 26.2 Å². The quantitative estimate of drug-likeness (QED) is 0.850. The molecule has 2 heterocycles. The lowest BCUT2D eigenvalue weighted by molar-refractivity contribution is -0.135. The highest BCUT2D eigenvalue weighted by Gasteiger charge is 2.35. The molecule has 0 radical (unpaired) electrons. The van der Waals surface area contributed by atoms with Crippen LogP contribution in [0.1, 0.15) is 12.8 Å². The second-order valence-corrected chi connectivity index (χ2v) is 8.84. The average molecular weight is 387 g/mol. The first-order valence-electron chi connectivity index (χ1n) is 9.02. The lowest BCUT2D eigenvalue weighted by atomic mass is 10.1. The van der Waals surface area contributed by atoms with Gasteiger partial charge in [-0.05, 0) is 29.3 Å². The van der Waals surface area contributed by atoms with Crippen molar-refractivity contribution in [2.45, 2.75) is 23.8 Å². The molecular formula is C19H21N3O4S. The van der Waals surface area contributed by atoms with Crippen molar-refractivity contribution in [3.05, 3.63) is 42.5 Å². The fourth-order valence-electron chi connectivity index (χ4n) is 3.65. The molecule has 2 saturated heterocycles. The Labute approximate surface area is 158 Å². The van der Waals surface area contributed by atoms with E-state index in [1.54, 1.807) is 17.0 Å². The molecule has 0 spiro atoms. The van der Waals surface area contributed by atoms with Crippen molar-refractivity contribution >= 4 is 32.6 Å². The van der Waals surface area contributed by atoms with Crippen LogP contribution in [0.5, 0.6) is 0 Å². The van der Waals surface area contributed by atoms with Crippen molar-refractivity contribution < 1.29 is 18.0 Å². The van der Waals surface area contributed by atoms with E-state index < -0.39 is 16.1 Å². The second-order valence-electron chi connectivity index (χ2n) is 6.90. The number of hydrogen-bond donors (Lipinski definition) is 1. The lowest BCUT2D eigenvalue weighted by Crippen LogP contribution is -2.54. The molecule has 2 aromatic carbocycles. The molecule has 0 aromatic heterocycles. The van der Waals surface area contributed by atoms with Gasteiger partial charge in [-0.1, -0.05) is 30.3 Å². The Morgan fingerprint density at radius 2 is 1.70 bits per heavy atom. The number of carbonyl (C=O) groups is 2. The maximum absolute atomic E-state index is 13.0. The van der Waals surface area contributed by atoms with Gasteiger partial charge in [-0.25, -0.2) is 8.42 Å². The number of sulfonamides is 1. The Kier molecular flexibility index (Phi) is 4.61. The van der Waals surface area contributed by atoms with Gasteiger partial charge in [0, 0.05) is 32.6 Å². The molecule has 1 N–H and O–H groups in total. The van der Waals surface area contributed by atoms with Crippen molar-refractivity contribution in [1.82, 2.24) is 14.5 Å². The SMILES string of the molecule is O=C1CC[C@H](C(=O)N2CCN(S(=O)(=O)c3ccc4ccccc4c3)CC2)N1. The molecule has 4 rings (SSSR count). The third kappa shape index (κ3) is 3.42. The Morgan fingerprint density at radius 1 is 1.00 bits per heavy atom. The zero-order valence-electron chi connectivity index (χ0n) is 14.8. The molecule has 27 heavy (non-hydrogen) atoms. The van der Waals surface area contributed by atoms with Crippen LogP contribution in [-0.2, 0) is 19.6 Å². The van der Waals surface area contributed by atoms with Crippen molar-refractivity contribution in [3.63, 3.8) is 0 Å². The van der Waals surface area contributed by atoms with E-state index in [1.165, 1.54) is 4.31 Å². The molecular weight excluding hydrogens is 366 g/mol. The molecule has 2 fully saturated rings. The smallest absolute Gasteiger partial charge is 0.245 e. The van der Waals surface area contributed by atoms with Crippen LogP contribution in [0.4, 0.5) is 0 Å². The molecule has 2 aliphatic rings. The predicted octanol–water partition coefficient (Wildman–Crippen LogP) is 0.951. The summed E-state index contributed by atoms with van der Waals surface area (Å²) >= 11 is 0. The van der Waals surface area contributed by atoms with E-state index in [0.29, 0.717) is 25.9 Å². The fourth-order valence-corrected chi connectivity index (χ4v) is 5.10. The van der Waals surface area contributed by atoms with Gasteiger partial charge in [0.2, 0.25) is 21.8 Å². The molecule has 2 amide bonds. The van der Waals surface area contributed by atoms with Gasteiger partial charge in [0.25, 0.3) is 0 Å². The molecule has 142 valence electrons. The van der Waals surface area contributed by atoms with Gasteiger partial charge in [0.1, 0.15) is 6.04 Å². The standard InChI is InChI=1S/C19H21N3O4S/c23-18-8-7-17(20-18)19(24)21-9-11-22(12-10-21)27(25,26)16-6-5-14-3-1-2-4-15(14)13-16/h1-6,13,17H,7-12H2,(H,20,23)/t17-/m1/s1. The molecule has 1 atom stereocenters. The van der Waals surface area contributed by atoms with Crippen LogP contribution in [0.2, 0.25) is 0 Å². The Hall–Kier alpha value is -2.45. The molecule has 2 aromatic rings. The maximum Gasteiger partial charge on any atom is 0.245 e. The van der Waals surface area contributed by atoms with Crippen LogP contribution in [0.25, 0.3) is 10.8 Å². The number of nitrogens with one attached hydrogen (secondary N) is 1. The first kappa shape index (κ1) is 17.9. The highest BCUT2D eigenvalue weighted by molar-refractivity contribution is 7.89. The number of amides is 2. The number of fused-ring (bicyclic) bond motifs is 1. The zero-order valence-corrected chi connectivity index (χ0v) is 15.6. The molecule has 8 heteroatoms. The minimum atomic E-state index is -3.60. The van der Waals surface area contributed by atoms with E-state index in [1.807, 2.05) is 30.3 Å². The van der Waals surface area contributed by atoms with Gasteiger partial charge in [-0.15, -0.1) is 0 Å². The van der Waals surface area contributed by atoms with E-state index in [4.69, 9.17) is 0 Å². The lowest BCUT2D eigenvalue weighted by Gasteiger charge is -2.35. The number of rotatable bonds is 3. The summed E-state index contributed by atoms with van der Waals surface area (Å²) in [6.07, 6.45) is 0.875. The summed E-state index contributed by atoms with van der Waals surface area (Å²) in [5.74, 6) is -0.227. The first-order valence-corrected chi connectivity index (χ1v) is 10.5. The van der Waals surface area contributed by atoms with Gasteiger partial charge < -0.3 is 10.2 Å². The number of nitrogens with zero attached hydrogens (tertiary/aromatic N) is 2. The van der Waals surface area contributed by atoms with Crippen LogP contribution in [0.15, 0.2) is 47.4 Å². The summed E-state index contributed by atoms with van der Waals surface area (Å²) in [7, 11) is -3.60. The summed E-state index contributed by atoms with van der Waals surface area (Å²) in [4.78, 5) is 25.7. The first-order chi connectivity index (χ1) is 12.9. The van der Waals surface area contributed by atoms with E-state index in [-0.39, 0.29) is 29.8 Å².